The topological polar surface area (TPSA) is 82.0 Å². The highest BCUT2D eigenvalue weighted by Crippen LogP contribution is 2.46. The Labute approximate surface area is 68.9 Å². The zero-order valence-electron chi connectivity index (χ0n) is 6.65. The van der Waals surface area contributed by atoms with Gasteiger partial charge in [-0.15, -0.1) is 0 Å². The van der Waals surface area contributed by atoms with E-state index in [0.717, 1.165) is 6.42 Å². The maximum Gasteiger partial charge on any atom is 0.230 e. The number of primary amides is 1. The molecule has 1 amide bonds. The fourth-order valence-corrected chi connectivity index (χ4v) is 1.25. The first-order chi connectivity index (χ1) is 5.68. The summed E-state index contributed by atoms with van der Waals surface area (Å²) >= 11 is 0. The van der Waals surface area contributed by atoms with Crippen LogP contribution in [-0.2, 0) is 4.79 Å². The minimum absolute atomic E-state index is 0.0729. The summed E-state index contributed by atoms with van der Waals surface area (Å²) in [6.45, 7) is 1.74. The summed E-state index contributed by atoms with van der Waals surface area (Å²) in [7, 11) is 0. The third-order valence-corrected chi connectivity index (χ3v) is 2.02. The van der Waals surface area contributed by atoms with Crippen molar-refractivity contribution in [2.45, 2.75) is 19.3 Å². The van der Waals surface area contributed by atoms with Gasteiger partial charge in [0.1, 0.15) is 0 Å². The molecule has 0 saturated heterocycles. The Morgan fingerprint density at radius 1 is 1.75 bits per heavy atom. The molecule has 1 aromatic rings. The molecule has 1 aromatic heterocycles. The number of aryl methyl sites for hydroxylation is 1. The van der Waals surface area contributed by atoms with Crippen molar-refractivity contribution in [3.8, 4) is 0 Å². The predicted molar refractivity (Wildman–Crippen MR) is 39.1 cm³/mol. The van der Waals surface area contributed by atoms with E-state index in [2.05, 4.69) is 10.1 Å². The van der Waals surface area contributed by atoms with Gasteiger partial charge in [0.2, 0.25) is 11.8 Å². The van der Waals surface area contributed by atoms with Gasteiger partial charge >= 0.3 is 0 Å². The van der Waals surface area contributed by atoms with E-state index in [-0.39, 0.29) is 17.7 Å². The van der Waals surface area contributed by atoms with Crippen LogP contribution in [0, 0.1) is 12.8 Å². The Kier molecular flexibility index (Phi) is 1.39. The van der Waals surface area contributed by atoms with Gasteiger partial charge in [-0.2, -0.15) is 4.98 Å². The first-order valence-corrected chi connectivity index (χ1v) is 3.78. The Hall–Kier alpha value is -1.39. The first kappa shape index (κ1) is 7.27. The number of nitrogens with zero attached hydrogens (tertiary/aromatic N) is 2. The Morgan fingerprint density at radius 3 is 2.92 bits per heavy atom. The van der Waals surface area contributed by atoms with Crippen LogP contribution in [0.25, 0.3) is 0 Å². The number of carbonyl (C=O) groups excluding carboxylic acids is 1. The lowest BCUT2D eigenvalue weighted by Crippen LogP contribution is -2.13. The van der Waals surface area contributed by atoms with Crippen molar-refractivity contribution in [2.75, 3.05) is 0 Å². The van der Waals surface area contributed by atoms with Crippen molar-refractivity contribution in [3.05, 3.63) is 11.7 Å². The molecular formula is C7H9N3O2. The van der Waals surface area contributed by atoms with E-state index in [1.54, 1.807) is 6.92 Å². The number of hydrogen-bond donors (Lipinski definition) is 1. The van der Waals surface area contributed by atoms with Crippen molar-refractivity contribution in [3.63, 3.8) is 0 Å². The fraction of sp³-hybridized carbons (Fsp3) is 0.571. The number of nitrogens with two attached hydrogens (primary N) is 1. The van der Waals surface area contributed by atoms with Crippen molar-refractivity contribution >= 4 is 5.91 Å². The van der Waals surface area contributed by atoms with Gasteiger partial charge in [-0.05, 0) is 13.3 Å². The van der Waals surface area contributed by atoms with Crippen molar-refractivity contribution in [1.29, 1.82) is 0 Å². The third-order valence-electron chi connectivity index (χ3n) is 2.02. The summed E-state index contributed by atoms with van der Waals surface area (Å²) in [6.07, 6.45) is 0.747. The lowest BCUT2D eigenvalue weighted by atomic mass is 10.3. The van der Waals surface area contributed by atoms with Crippen LogP contribution in [0.15, 0.2) is 4.52 Å². The Morgan fingerprint density at radius 2 is 2.50 bits per heavy atom. The van der Waals surface area contributed by atoms with Gasteiger partial charge in [0.05, 0.1) is 11.8 Å². The van der Waals surface area contributed by atoms with Crippen molar-refractivity contribution in [2.24, 2.45) is 11.7 Å². The monoisotopic (exact) mass is 167 g/mol. The molecule has 1 aliphatic rings. The second-order valence-electron chi connectivity index (χ2n) is 3.03. The molecular weight excluding hydrogens is 158 g/mol. The van der Waals surface area contributed by atoms with E-state index >= 15 is 0 Å². The lowest BCUT2D eigenvalue weighted by molar-refractivity contribution is -0.119. The number of hydrogen-bond acceptors (Lipinski definition) is 4. The Bertz CT molecular complexity index is 320. The minimum Gasteiger partial charge on any atom is -0.369 e. The van der Waals surface area contributed by atoms with Gasteiger partial charge < -0.3 is 10.3 Å². The van der Waals surface area contributed by atoms with Crippen LogP contribution < -0.4 is 5.73 Å². The molecule has 0 radical (unpaired) electrons. The quantitative estimate of drug-likeness (QED) is 0.670. The second kappa shape index (κ2) is 2.30. The van der Waals surface area contributed by atoms with E-state index in [4.69, 9.17) is 10.3 Å². The van der Waals surface area contributed by atoms with Gasteiger partial charge in [-0.25, -0.2) is 0 Å². The highest BCUT2D eigenvalue weighted by Gasteiger charge is 2.46. The van der Waals surface area contributed by atoms with E-state index in [0.29, 0.717) is 11.7 Å². The smallest absolute Gasteiger partial charge is 0.230 e. The molecule has 2 atom stereocenters. The molecule has 0 aromatic carbocycles. The van der Waals surface area contributed by atoms with Gasteiger partial charge in [-0.3, -0.25) is 4.79 Å². The van der Waals surface area contributed by atoms with E-state index in [1.807, 2.05) is 0 Å². The van der Waals surface area contributed by atoms with Gasteiger partial charge in [-0.1, -0.05) is 5.16 Å². The molecule has 12 heavy (non-hydrogen) atoms. The van der Waals surface area contributed by atoms with Crippen molar-refractivity contribution < 1.29 is 9.32 Å². The van der Waals surface area contributed by atoms with Crippen LogP contribution in [0.1, 0.15) is 24.1 Å². The molecule has 0 bridgehead atoms. The molecule has 64 valence electrons. The molecule has 0 spiro atoms. The summed E-state index contributed by atoms with van der Waals surface area (Å²) in [6, 6.07) is 0. The normalized spacial score (nSPS) is 27.1. The summed E-state index contributed by atoms with van der Waals surface area (Å²) in [5.74, 6) is 0.834. The predicted octanol–water partition coefficient (Wildman–Crippen LogP) is -0.0332. The summed E-state index contributed by atoms with van der Waals surface area (Å²) in [5, 5.41) is 3.63. The van der Waals surface area contributed by atoms with Crippen LogP contribution in [0.3, 0.4) is 0 Å². The fourth-order valence-electron chi connectivity index (χ4n) is 1.25. The van der Waals surface area contributed by atoms with Crippen LogP contribution in [-0.4, -0.2) is 16.0 Å². The summed E-state index contributed by atoms with van der Waals surface area (Å²) in [4.78, 5) is 14.7. The van der Waals surface area contributed by atoms with E-state index in [9.17, 15) is 4.79 Å². The summed E-state index contributed by atoms with van der Waals surface area (Å²) in [5.41, 5.74) is 5.10. The van der Waals surface area contributed by atoms with Crippen LogP contribution in [0.4, 0.5) is 0 Å². The molecule has 2 N–H and O–H groups in total. The minimum atomic E-state index is -0.282. The highest BCUT2D eigenvalue weighted by atomic mass is 16.5. The average molecular weight is 167 g/mol. The molecule has 1 saturated carbocycles. The van der Waals surface area contributed by atoms with E-state index in [1.165, 1.54) is 0 Å². The highest BCUT2D eigenvalue weighted by molar-refractivity contribution is 5.80. The zero-order chi connectivity index (χ0) is 8.72. The third kappa shape index (κ3) is 1.07. The maximum atomic E-state index is 10.7. The number of amides is 1. The molecule has 2 rings (SSSR count). The molecule has 0 aliphatic heterocycles. The summed E-state index contributed by atoms with van der Waals surface area (Å²) < 4.78 is 4.90. The van der Waals surface area contributed by atoms with Gasteiger partial charge in [0, 0.05) is 0 Å². The average Bonchev–Trinajstić information content (AvgIpc) is 2.70. The lowest BCUT2D eigenvalue weighted by Gasteiger charge is -1.86. The van der Waals surface area contributed by atoms with Gasteiger partial charge in [0.15, 0.2) is 5.82 Å². The molecule has 1 heterocycles. The Balaban J connectivity index is 2.10. The second-order valence-corrected chi connectivity index (χ2v) is 3.03. The molecule has 2 unspecified atom stereocenters. The number of rotatable bonds is 2. The molecule has 1 aliphatic carbocycles. The maximum absolute atomic E-state index is 10.7. The van der Waals surface area contributed by atoms with Crippen LogP contribution in [0.5, 0.6) is 0 Å². The van der Waals surface area contributed by atoms with Crippen LogP contribution >= 0.6 is 0 Å². The molecule has 1 fully saturated rings. The van der Waals surface area contributed by atoms with Crippen LogP contribution in [0.2, 0.25) is 0 Å². The molecule has 5 nitrogen and oxygen atoms in total. The first-order valence-electron chi connectivity index (χ1n) is 3.78. The van der Waals surface area contributed by atoms with Gasteiger partial charge in [0.25, 0.3) is 0 Å². The largest absolute Gasteiger partial charge is 0.369 e. The van der Waals surface area contributed by atoms with Crippen molar-refractivity contribution in [1.82, 2.24) is 10.1 Å². The number of carbonyl (C=O) groups is 1. The van der Waals surface area contributed by atoms with E-state index < -0.39 is 0 Å². The molecule has 5 heteroatoms. The number of aromatic nitrogens is 2. The standard InChI is InChI=1S/C7H9N3O2/c1-3-9-7(12-10-3)5-2-4(5)6(8)11/h4-5H,2H2,1H3,(H2,8,11). The zero-order valence-corrected chi connectivity index (χ0v) is 6.65. The SMILES string of the molecule is Cc1noc(C2CC2C(N)=O)n1.